The molecule has 0 bridgehead atoms. The lowest BCUT2D eigenvalue weighted by Crippen LogP contribution is -2.24. The van der Waals surface area contributed by atoms with E-state index in [0.29, 0.717) is 0 Å². The Kier molecular flexibility index (Phi) is 5.66. The van der Waals surface area contributed by atoms with Crippen LogP contribution in [0.5, 0.6) is 0 Å². The molecule has 1 heterocycles. The smallest absolute Gasteiger partial charge is 0.0757 e. The first-order valence-electron chi connectivity index (χ1n) is 5.26. The zero-order chi connectivity index (χ0) is 12.1. The van der Waals surface area contributed by atoms with E-state index in [9.17, 15) is 0 Å². The van der Waals surface area contributed by atoms with Crippen molar-refractivity contribution < 1.29 is 0 Å². The third kappa shape index (κ3) is 3.68. The highest BCUT2D eigenvalue weighted by molar-refractivity contribution is 9.11. The average molecular weight is 348 g/mol. The molecule has 1 aromatic rings. The zero-order valence-electron chi connectivity index (χ0n) is 9.56. The molecule has 1 unspecified atom stereocenters. The molecular weight excluding hydrogens is 332 g/mol. The van der Waals surface area contributed by atoms with Gasteiger partial charge in [-0.15, -0.1) is 0 Å². The number of pyridine rings is 1. The molecule has 0 amide bonds. The Labute approximate surface area is 114 Å². The van der Waals surface area contributed by atoms with Crippen LogP contribution in [0.3, 0.4) is 0 Å². The largest absolute Gasteiger partial charge is 0.305 e. The van der Waals surface area contributed by atoms with Crippen LogP contribution in [0.25, 0.3) is 0 Å². The third-order valence-electron chi connectivity index (χ3n) is 2.20. The second-order valence-electron chi connectivity index (χ2n) is 3.75. The number of halogens is 2. The van der Waals surface area contributed by atoms with E-state index in [1.165, 1.54) is 0 Å². The Morgan fingerprint density at radius 2 is 2.25 bits per heavy atom. The van der Waals surface area contributed by atoms with E-state index in [0.717, 1.165) is 33.2 Å². The van der Waals surface area contributed by atoms with E-state index in [1.54, 1.807) is 0 Å². The maximum absolute atomic E-state index is 4.44. The lowest BCUT2D eigenvalue weighted by Gasteiger charge is -2.19. The van der Waals surface area contributed by atoms with Gasteiger partial charge in [0, 0.05) is 15.1 Å². The summed E-state index contributed by atoms with van der Waals surface area (Å²) in [5, 5.41) is 3.44. The minimum absolute atomic E-state index is 0.113. The first-order valence-corrected chi connectivity index (χ1v) is 6.84. The van der Waals surface area contributed by atoms with Crippen LogP contribution in [0.15, 0.2) is 33.4 Å². The van der Waals surface area contributed by atoms with Gasteiger partial charge in [0.1, 0.15) is 0 Å². The molecule has 2 nitrogen and oxygen atoms in total. The minimum Gasteiger partial charge on any atom is -0.305 e. The highest BCUT2D eigenvalue weighted by atomic mass is 79.9. The summed E-state index contributed by atoms with van der Waals surface area (Å²) in [5.41, 5.74) is 2.06. The predicted octanol–water partition coefficient (Wildman–Crippen LogP) is 4.22. The van der Waals surface area contributed by atoms with Gasteiger partial charge in [-0.1, -0.05) is 19.1 Å². The normalized spacial score (nSPS) is 12.5. The number of hydrogen-bond donors (Lipinski definition) is 1. The molecule has 1 N–H and O–H groups in total. The van der Waals surface area contributed by atoms with Crippen molar-refractivity contribution in [1.82, 2.24) is 10.3 Å². The number of aromatic nitrogens is 1. The summed E-state index contributed by atoms with van der Waals surface area (Å²) >= 11 is 6.93. The van der Waals surface area contributed by atoms with Crippen LogP contribution < -0.4 is 5.32 Å². The molecule has 0 aromatic carbocycles. The summed E-state index contributed by atoms with van der Waals surface area (Å²) in [6.45, 7) is 9.14. The molecule has 4 heteroatoms. The molecule has 0 aliphatic carbocycles. The Balaban J connectivity index is 2.96. The fourth-order valence-electron chi connectivity index (χ4n) is 1.43. The lowest BCUT2D eigenvalue weighted by atomic mass is 10.1. The van der Waals surface area contributed by atoms with Gasteiger partial charge in [0.05, 0.1) is 11.7 Å². The van der Waals surface area contributed by atoms with Crippen LogP contribution in [0, 0.1) is 0 Å². The monoisotopic (exact) mass is 346 g/mol. The summed E-state index contributed by atoms with van der Waals surface area (Å²) in [5.74, 6) is 0. The molecule has 1 rings (SSSR count). The number of rotatable bonds is 5. The van der Waals surface area contributed by atoms with E-state index < -0.39 is 0 Å². The second-order valence-corrected chi connectivity index (χ2v) is 5.52. The standard InChI is InChI=1S/C12H16Br2N2/c1-4-5-15-11(8(2)3)12-10(14)6-9(13)7-16-12/h6-7,11,15H,2,4-5H2,1,3H3. The SMILES string of the molecule is C=C(C)C(NCCC)c1ncc(Br)cc1Br. The van der Waals surface area contributed by atoms with Crippen LogP contribution >= 0.6 is 31.9 Å². The Hall–Kier alpha value is -0.190. The van der Waals surface area contributed by atoms with Crippen LogP contribution in [0.2, 0.25) is 0 Å². The lowest BCUT2D eigenvalue weighted by molar-refractivity contribution is 0.577. The minimum atomic E-state index is 0.113. The molecule has 0 aliphatic heterocycles. The molecule has 0 radical (unpaired) electrons. The van der Waals surface area contributed by atoms with Crippen LogP contribution in [-0.4, -0.2) is 11.5 Å². The van der Waals surface area contributed by atoms with Crippen molar-refractivity contribution in [2.45, 2.75) is 26.3 Å². The molecule has 0 fully saturated rings. The van der Waals surface area contributed by atoms with Gasteiger partial charge in [-0.2, -0.15) is 0 Å². The highest BCUT2D eigenvalue weighted by Crippen LogP contribution is 2.27. The van der Waals surface area contributed by atoms with E-state index in [1.807, 2.05) is 19.2 Å². The zero-order valence-corrected chi connectivity index (χ0v) is 12.7. The number of hydrogen-bond acceptors (Lipinski definition) is 2. The molecule has 1 aromatic heterocycles. The average Bonchev–Trinajstić information content (AvgIpc) is 2.20. The van der Waals surface area contributed by atoms with E-state index >= 15 is 0 Å². The summed E-state index contributed by atoms with van der Waals surface area (Å²) in [7, 11) is 0. The fourth-order valence-corrected chi connectivity index (χ4v) is 2.65. The molecule has 16 heavy (non-hydrogen) atoms. The van der Waals surface area contributed by atoms with Gasteiger partial charge >= 0.3 is 0 Å². The Morgan fingerprint density at radius 1 is 1.56 bits per heavy atom. The molecule has 0 spiro atoms. The van der Waals surface area contributed by atoms with Crippen molar-refractivity contribution in [2.24, 2.45) is 0 Å². The summed E-state index contributed by atoms with van der Waals surface area (Å²) < 4.78 is 1.97. The molecule has 88 valence electrons. The van der Waals surface area contributed by atoms with Gasteiger partial charge in [0.25, 0.3) is 0 Å². The summed E-state index contributed by atoms with van der Waals surface area (Å²) in [6, 6.07) is 2.12. The maximum atomic E-state index is 4.44. The molecular formula is C12H16Br2N2. The van der Waals surface area contributed by atoms with Gasteiger partial charge in [-0.25, -0.2) is 0 Å². The first-order chi connectivity index (χ1) is 7.56. The number of nitrogens with zero attached hydrogens (tertiary/aromatic N) is 1. The van der Waals surface area contributed by atoms with Gasteiger partial charge in [0.2, 0.25) is 0 Å². The van der Waals surface area contributed by atoms with Crippen molar-refractivity contribution in [1.29, 1.82) is 0 Å². The van der Waals surface area contributed by atoms with Crippen LogP contribution in [0.4, 0.5) is 0 Å². The van der Waals surface area contributed by atoms with E-state index in [-0.39, 0.29) is 6.04 Å². The molecule has 0 aliphatic rings. The first kappa shape index (κ1) is 13.9. The van der Waals surface area contributed by atoms with Crippen LogP contribution in [0.1, 0.15) is 32.0 Å². The summed E-state index contributed by atoms with van der Waals surface area (Å²) in [6.07, 6.45) is 2.90. The maximum Gasteiger partial charge on any atom is 0.0757 e. The van der Waals surface area contributed by atoms with E-state index in [2.05, 4.69) is 55.7 Å². The van der Waals surface area contributed by atoms with Gasteiger partial charge in [0.15, 0.2) is 0 Å². The van der Waals surface area contributed by atoms with Gasteiger partial charge in [-0.3, -0.25) is 4.98 Å². The molecule has 1 atom stereocenters. The van der Waals surface area contributed by atoms with Crippen molar-refractivity contribution in [3.63, 3.8) is 0 Å². The topological polar surface area (TPSA) is 24.9 Å². The fraction of sp³-hybridized carbons (Fsp3) is 0.417. The van der Waals surface area contributed by atoms with Crippen molar-refractivity contribution in [2.75, 3.05) is 6.54 Å². The van der Waals surface area contributed by atoms with Gasteiger partial charge in [-0.05, 0) is 57.8 Å². The van der Waals surface area contributed by atoms with Gasteiger partial charge < -0.3 is 5.32 Å². The van der Waals surface area contributed by atoms with Crippen LogP contribution in [-0.2, 0) is 0 Å². The highest BCUT2D eigenvalue weighted by Gasteiger charge is 2.16. The van der Waals surface area contributed by atoms with E-state index in [4.69, 9.17) is 0 Å². The van der Waals surface area contributed by atoms with Crippen molar-refractivity contribution >= 4 is 31.9 Å². The molecule has 0 saturated heterocycles. The van der Waals surface area contributed by atoms with Crippen molar-refractivity contribution in [3.05, 3.63) is 39.1 Å². The number of nitrogens with one attached hydrogen (secondary N) is 1. The third-order valence-corrected chi connectivity index (χ3v) is 3.27. The quantitative estimate of drug-likeness (QED) is 0.806. The Morgan fingerprint density at radius 3 is 2.75 bits per heavy atom. The Bertz CT molecular complexity index is 377. The van der Waals surface area contributed by atoms with Crippen molar-refractivity contribution in [3.8, 4) is 0 Å². The summed E-state index contributed by atoms with van der Waals surface area (Å²) in [4.78, 5) is 4.44. The second kappa shape index (κ2) is 6.52. The predicted molar refractivity (Wildman–Crippen MR) is 75.5 cm³/mol. The molecule has 0 saturated carbocycles.